The fourth-order valence-corrected chi connectivity index (χ4v) is 2.32. The Bertz CT molecular complexity index is 450. The number of benzene rings is 2. The third kappa shape index (κ3) is 11.6. The molecular weight excluding hydrogens is 278 g/mol. The van der Waals surface area contributed by atoms with Crippen LogP contribution in [0.5, 0.6) is 0 Å². The van der Waals surface area contributed by atoms with Gasteiger partial charge in [0.25, 0.3) is 0 Å². The fourth-order valence-electron chi connectivity index (χ4n) is 2.32. The molecule has 2 aromatic carbocycles. The van der Waals surface area contributed by atoms with E-state index in [0.717, 1.165) is 12.8 Å². The van der Waals surface area contributed by atoms with Crippen molar-refractivity contribution in [2.75, 3.05) is 0 Å². The molecule has 0 aliphatic heterocycles. The summed E-state index contributed by atoms with van der Waals surface area (Å²) < 4.78 is 0. The SMILES string of the molecule is CC.CCCC(N)Cc1ccccc1.CCCc1ccccc1. The van der Waals surface area contributed by atoms with Crippen LogP contribution in [0.3, 0.4) is 0 Å². The lowest BCUT2D eigenvalue weighted by molar-refractivity contribution is 0.600. The van der Waals surface area contributed by atoms with E-state index in [1.165, 1.54) is 30.4 Å². The van der Waals surface area contributed by atoms with Crippen molar-refractivity contribution in [1.29, 1.82) is 0 Å². The summed E-state index contributed by atoms with van der Waals surface area (Å²) in [6, 6.07) is 21.3. The summed E-state index contributed by atoms with van der Waals surface area (Å²) in [6.07, 6.45) is 5.75. The normalized spacial score (nSPS) is 10.7. The number of hydrogen-bond acceptors (Lipinski definition) is 1. The van der Waals surface area contributed by atoms with Crippen molar-refractivity contribution in [2.24, 2.45) is 5.73 Å². The molecule has 0 heterocycles. The molecule has 0 saturated heterocycles. The lowest BCUT2D eigenvalue weighted by atomic mass is 10.0. The van der Waals surface area contributed by atoms with Gasteiger partial charge in [0.15, 0.2) is 0 Å². The highest BCUT2D eigenvalue weighted by molar-refractivity contribution is 5.15. The van der Waals surface area contributed by atoms with Gasteiger partial charge in [-0.1, -0.05) is 101 Å². The largest absolute Gasteiger partial charge is 0.327 e. The third-order valence-electron chi connectivity index (χ3n) is 3.38. The van der Waals surface area contributed by atoms with Crippen molar-refractivity contribution in [2.45, 2.75) is 65.8 Å². The lowest BCUT2D eigenvalue weighted by Gasteiger charge is -2.09. The molecule has 0 amide bonds. The maximum Gasteiger partial charge on any atom is 0.00792 e. The summed E-state index contributed by atoms with van der Waals surface area (Å²) in [4.78, 5) is 0. The van der Waals surface area contributed by atoms with Gasteiger partial charge < -0.3 is 5.73 Å². The highest BCUT2D eigenvalue weighted by Crippen LogP contribution is 2.05. The molecule has 0 aromatic heterocycles. The summed E-state index contributed by atoms with van der Waals surface area (Å²) >= 11 is 0. The Morgan fingerprint density at radius 3 is 1.65 bits per heavy atom. The van der Waals surface area contributed by atoms with E-state index < -0.39 is 0 Å². The summed E-state index contributed by atoms with van der Waals surface area (Å²) in [6.45, 7) is 8.37. The van der Waals surface area contributed by atoms with Gasteiger partial charge in [-0.15, -0.1) is 0 Å². The smallest absolute Gasteiger partial charge is 0.00792 e. The first kappa shape index (κ1) is 21.4. The Morgan fingerprint density at radius 2 is 1.22 bits per heavy atom. The van der Waals surface area contributed by atoms with Crippen LogP contribution < -0.4 is 5.73 Å². The second kappa shape index (κ2) is 15.3. The molecule has 1 nitrogen and oxygen atoms in total. The predicted octanol–water partition coefficient (Wildman–Crippen LogP) is 6.02. The highest BCUT2D eigenvalue weighted by Gasteiger charge is 2.01. The molecule has 128 valence electrons. The van der Waals surface area contributed by atoms with Gasteiger partial charge in [-0.2, -0.15) is 0 Å². The zero-order valence-corrected chi connectivity index (χ0v) is 15.5. The van der Waals surface area contributed by atoms with Gasteiger partial charge in [-0.05, 0) is 30.4 Å². The standard InChI is InChI=1S/C11H17N.C9H12.C2H6/c1-2-6-11(12)9-10-7-4-3-5-8-10;1-2-6-9-7-4-3-5-8-9;1-2/h3-5,7-8,11H,2,6,9,12H2,1H3;3-5,7-8H,2,6H2,1H3;1-2H3. The predicted molar refractivity (Wildman–Crippen MR) is 105 cm³/mol. The van der Waals surface area contributed by atoms with Gasteiger partial charge in [-0.25, -0.2) is 0 Å². The number of nitrogens with two attached hydrogens (primary N) is 1. The Kier molecular flexibility index (Phi) is 14.2. The first-order valence-corrected chi connectivity index (χ1v) is 9.09. The summed E-state index contributed by atoms with van der Waals surface area (Å²) in [5.74, 6) is 0. The molecule has 0 aliphatic rings. The number of rotatable bonds is 6. The van der Waals surface area contributed by atoms with Crippen LogP contribution >= 0.6 is 0 Å². The molecule has 1 atom stereocenters. The van der Waals surface area contributed by atoms with Gasteiger partial charge in [0.2, 0.25) is 0 Å². The molecule has 1 heteroatoms. The van der Waals surface area contributed by atoms with Gasteiger partial charge in [-0.3, -0.25) is 0 Å². The Balaban J connectivity index is 0.000000392. The Morgan fingerprint density at radius 1 is 0.739 bits per heavy atom. The van der Waals surface area contributed by atoms with E-state index in [2.05, 4.69) is 68.4 Å². The van der Waals surface area contributed by atoms with E-state index in [4.69, 9.17) is 5.73 Å². The van der Waals surface area contributed by atoms with Crippen LogP contribution in [0.2, 0.25) is 0 Å². The van der Waals surface area contributed by atoms with E-state index in [9.17, 15) is 0 Å². The lowest BCUT2D eigenvalue weighted by Crippen LogP contribution is -2.22. The van der Waals surface area contributed by atoms with E-state index in [1.54, 1.807) is 0 Å². The van der Waals surface area contributed by atoms with Crippen molar-refractivity contribution in [3.05, 3.63) is 71.8 Å². The van der Waals surface area contributed by atoms with Crippen LogP contribution in [0, 0.1) is 0 Å². The highest BCUT2D eigenvalue weighted by atomic mass is 14.6. The number of hydrogen-bond donors (Lipinski definition) is 1. The molecule has 0 saturated carbocycles. The van der Waals surface area contributed by atoms with E-state index in [1.807, 2.05) is 19.9 Å². The minimum Gasteiger partial charge on any atom is -0.327 e. The zero-order valence-electron chi connectivity index (χ0n) is 15.5. The maximum absolute atomic E-state index is 5.92. The molecule has 2 rings (SSSR count). The molecule has 0 spiro atoms. The molecule has 2 N–H and O–H groups in total. The van der Waals surface area contributed by atoms with Gasteiger partial charge in [0.1, 0.15) is 0 Å². The quantitative estimate of drug-likeness (QED) is 0.693. The van der Waals surface area contributed by atoms with Gasteiger partial charge in [0, 0.05) is 6.04 Å². The van der Waals surface area contributed by atoms with Crippen molar-refractivity contribution >= 4 is 0 Å². The minimum atomic E-state index is 0.331. The monoisotopic (exact) mass is 313 g/mol. The second-order valence-electron chi connectivity index (χ2n) is 5.47. The topological polar surface area (TPSA) is 26.0 Å². The molecule has 0 radical (unpaired) electrons. The van der Waals surface area contributed by atoms with Crippen molar-refractivity contribution in [3.63, 3.8) is 0 Å². The minimum absolute atomic E-state index is 0.331. The van der Waals surface area contributed by atoms with Crippen molar-refractivity contribution in [1.82, 2.24) is 0 Å². The molecule has 2 aromatic rings. The molecule has 23 heavy (non-hydrogen) atoms. The molecule has 0 fully saturated rings. The molecule has 0 bridgehead atoms. The van der Waals surface area contributed by atoms with Crippen LogP contribution in [-0.2, 0) is 12.8 Å². The summed E-state index contributed by atoms with van der Waals surface area (Å²) in [7, 11) is 0. The molecular formula is C22H35N. The van der Waals surface area contributed by atoms with Gasteiger partial charge in [0.05, 0.1) is 0 Å². The third-order valence-corrected chi connectivity index (χ3v) is 3.38. The summed E-state index contributed by atoms with van der Waals surface area (Å²) in [5.41, 5.74) is 8.71. The second-order valence-corrected chi connectivity index (χ2v) is 5.47. The first-order valence-electron chi connectivity index (χ1n) is 9.09. The van der Waals surface area contributed by atoms with E-state index in [-0.39, 0.29) is 0 Å². The average Bonchev–Trinajstić information content (AvgIpc) is 2.60. The van der Waals surface area contributed by atoms with Crippen molar-refractivity contribution < 1.29 is 0 Å². The van der Waals surface area contributed by atoms with Crippen LogP contribution in [0.15, 0.2) is 60.7 Å². The Labute approximate surface area is 143 Å². The zero-order chi connectivity index (χ0) is 17.3. The maximum atomic E-state index is 5.92. The van der Waals surface area contributed by atoms with Gasteiger partial charge >= 0.3 is 0 Å². The van der Waals surface area contributed by atoms with Crippen LogP contribution in [0.25, 0.3) is 0 Å². The average molecular weight is 314 g/mol. The van der Waals surface area contributed by atoms with Crippen molar-refractivity contribution in [3.8, 4) is 0 Å². The molecule has 0 aliphatic carbocycles. The van der Waals surface area contributed by atoms with E-state index in [0.29, 0.717) is 6.04 Å². The Hall–Kier alpha value is -1.60. The van der Waals surface area contributed by atoms with E-state index >= 15 is 0 Å². The first-order chi connectivity index (χ1) is 11.3. The van der Waals surface area contributed by atoms with Crippen LogP contribution in [0.4, 0.5) is 0 Å². The van der Waals surface area contributed by atoms with Crippen LogP contribution in [0.1, 0.15) is 58.1 Å². The number of aryl methyl sites for hydroxylation is 1. The molecule has 1 unspecified atom stereocenters. The fraction of sp³-hybridized carbons (Fsp3) is 0.455. The van der Waals surface area contributed by atoms with Crippen LogP contribution in [-0.4, -0.2) is 6.04 Å². The summed E-state index contributed by atoms with van der Waals surface area (Å²) in [5, 5.41) is 0.